The van der Waals surface area contributed by atoms with Gasteiger partial charge in [0.25, 0.3) is 0 Å². The molecule has 0 radical (unpaired) electrons. The number of hydrogen-bond acceptors (Lipinski definition) is 1. The van der Waals surface area contributed by atoms with E-state index < -0.39 is 0 Å². The Hall–Kier alpha value is -0.210. The highest BCUT2D eigenvalue weighted by Crippen LogP contribution is 2.30. The number of hydrogen-bond donors (Lipinski definition) is 1. The summed E-state index contributed by atoms with van der Waals surface area (Å²) in [6.07, 6.45) is 3.69. The molecule has 0 bridgehead atoms. The normalized spacial score (nSPS) is 12.5. The summed E-state index contributed by atoms with van der Waals surface area (Å²) in [4.78, 5) is 0. The van der Waals surface area contributed by atoms with Crippen LogP contribution in [0.1, 0.15) is 33.1 Å². The summed E-state index contributed by atoms with van der Waals surface area (Å²) in [5.41, 5.74) is 1.08. The third kappa shape index (κ3) is 4.04. The molecule has 0 aliphatic heterocycles. The summed E-state index contributed by atoms with van der Waals surface area (Å²) >= 11 is 9.50. The Kier molecular flexibility index (Phi) is 5.48. The van der Waals surface area contributed by atoms with Crippen molar-refractivity contribution in [2.75, 3.05) is 5.32 Å². The Morgan fingerprint density at radius 2 is 2.20 bits per heavy atom. The molecular formula is C12H17BrClN. The van der Waals surface area contributed by atoms with Crippen molar-refractivity contribution in [3.05, 3.63) is 27.7 Å². The standard InChI is InChI=1S/C12H17BrClN/c1-3-4-6-9(2)15-11-8-5-7-10(14)12(11)13/h5,7-9,15H,3-4,6H2,1-2H3. The number of anilines is 1. The quantitative estimate of drug-likeness (QED) is 0.796. The average Bonchev–Trinajstić information content (AvgIpc) is 2.22. The summed E-state index contributed by atoms with van der Waals surface area (Å²) in [5.74, 6) is 0. The van der Waals surface area contributed by atoms with Gasteiger partial charge in [0.05, 0.1) is 15.2 Å². The zero-order chi connectivity index (χ0) is 11.3. The third-order valence-electron chi connectivity index (χ3n) is 2.34. The molecule has 1 aromatic rings. The molecule has 0 spiro atoms. The largest absolute Gasteiger partial charge is 0.382 e. The molecule has 0 saturated carbocycles. The minimum absolute atomic E-state index is 0.486. The minimum atomic E-state index is 0.486. The fraction of sp³-hybridized carbons (Fsp3) is 0.500. The molecule has 1 rings (SSSR count). The molecule has 0 heterocycles. The van der Waals surface area contributed by atoms with Gasteiger partial charge in [-0.2, -0.15) is 0 Å². The maximum atomic E-state index is 6.01. The summed E-state index contributed by atoms with van der Waals surface area (Å²) in [7, 11) is 0. The highest BCUT2D eigenvalue weighted by Gasteiger charge is 2.06. The van der Waals surface area contributed by atoms with E-state index in [0.29, 0.717) is 6.04 Å². The van der Waals surface area contributed by atoms with Crippen LogP contribution in [0.4, 0.5) is 5.69 Å². The van der Waals surface area contributed by atoms with Crippen molar-refractivity contribution in [2.24, 2.45) is 0 Å². The second-order valence-electron chi connectivity index (χ2n) is 3.79. The van der Waals surface area contributed by atoms with Crippen LogP contribution in [-0.2, 0) is 0 Å². The predicted molar refractivity (Wildman–Crippen MR) is 71.8 cm³/mol. The molecule has 15 heavy (non-hydrogen) atoms. The topological polar surface area (TPSA) is 12.0 Å². The first-order valence-electron chi connectivity index (χ1n) is 5.35. The van der Waals surface area contributed by atoms with E-state index >= 15 is 0 Å². The second-order valence-corrected chi connectivity index (χ2v) is 4.99. The number of halogens is 2. The van der Waals surface area contributed by atoms with Gasteiger partial charge in [-0.25, -0.2) is 0 Å². The highest BCUT2D eigenvalue weighted by atomic mass is 79.9. The van der Waals surface area contributed by atoms with Gasteiger partial charge in [0.2, 0.25) is 0 Å². The molecule has 84 valence electrons. The molecule has 1 unspecified atom stereocenters. The van der Waals surface area contributed by atoms with Crippen LogP contribution in [0.5, 0.6) is 0 Å². The predicted octanol–water partition coefficient (Wildman–Crippen LogP) is 5.09. The molecule has 0 aromatic heterocycles. The van der Waals surface area contributed by atoms with Crippen molar-refractivity contribution in [3.8, 4) is 0 Å². The molecule has 0 saturated heterocycles. The molecule has 1 atom stereocenters. The fourth-order valence-corrected chi connectivity index (χ4v) is 2.02. The molecular weight excluding hydrogens is 273 g/mol. The lowest BCUT2D eigenvalue weighted by atomic mass is 10.1. The highest BCUT2D eigenvalue weighted by molar-refractivity contribution is 9.10. The Morgan fingerprint density at radius 3 is 2.87 bits per heavy atom. The first kappa shape index (κ1) is 12.9. The Morgan fingerprint density at radius 1 is 1.47 bits per heavy atom. The number of rotatable bonds is 5. The molecule has 3 heteroatoms. The lowest BCUT2D eigenvalue weighted by Crippen LogP contribution is -2.15. The fourth-order valence-electron chi connectivity index (χ4n) is 1.46. The van der Waals surface area contributed by atoms with E-state index in [-0.39, 0.29) is 0 Å². The molecule has 0 fully saturated rings. The molecule has 0 amide bonds. The average molecular weight is 291 g/mol. The van der Waals surface area contributed by atoms with Gasteiger partial charge in [-0.05, 0) is 41.4 Å². The minimum Gasteiger partial charge on any atom is -0.382 e. The smallest absolute Gasteiger partial charge is 0.0593 e. The van der Waals surface area contributed by atoms with Crippen molar-refractivity contribution >= 4 is 33.2 Å². The van der Waals surface area contributed by atoms with E-state index in [1.165, 1.54) is 19.3 Å². The van der Waals surface area contributed by atoms with Gasteiger partial charge in [0.15, 0.2) is 0 Å². The zero-order valence-corrected chi connectivity index (χ0v) is 11.5. The SMILES string of the molecule is CCCCC(C)Nc1cccc(Cl)c1Br. The lowest BCUT2D eigenvalue weighted by Gasteiger charge is -2.16. The Labute approximate surface area is 105 Å². The van der Waals surface area contributed by atoms with Crippen LogP contribution in [0.2, 0.25) is 5.02 Å². The summed E-state index contributed by atoms with van der Waals surface area (Å²) in [6.45, 7) is 4.41. The van der Waals surface area contributed by atoms with Crippen LogP contribution >= 0.6 is 27.5 Å². The van der Waals surface area contributed by atoms with Crippen molar-refractivity contribution in [1.29, 1.82) is 0 Å². The van der Waals surface area contributed by atoms with Gasteiger partial charge >= 0.3 is 0 Å². The van der Waals surface area contributed by atoms with Crippen LogP contribution in [0.15, 0.2) is 22.7 Å². The van der Waals surface area contributed by atoms with E-state index in [1.807, 2.05) is 18.2 Å². The summed E-state index contributed by atoms with van der Waals surface area (Å²) < 4.78 is 0.954. The van der Waals surface area contributed by atoms with Crippen molar-refractivity contribution in [1.82, 2.24) is 0 Å². The first-order chi connectivity index (χ1) is 7.15. The van der Waals surface area contributed by atoms with Gasteiger partial charge in [-0.1, -0.05) is 37.4 Å². The number of unbranched alkanes of at least 4 members (excludes halogenated alkanes) is 1. The van der Waals surface area contributed by atoms with E-state index in [9.17, 15) is 0 Å². The molecule has 0 aliphatic carbocycles. The maximum absolute atomic E-state index is 6.01. The van der Waals surface area contributed by atoms with Gasteiger partial charge < -0.3 is 5.32 Å². The van der Waals surface area contributed by atoms with E-state index in [1.54, 1.807) is 0 Å². The molecule has 1 aromatic carbocycles. The lowest BCUT2D eigenvalue weighted by molar-refractivity contribution is 0.645. The van der Waals surface area contributed by atoms with Crippen LogP contribution in [0, 0.1) is 0 Å². The second kappa shape index (κ2) is 6.39. The monoisotopic (exact) mass is 289 g/mol. The molecule has 1 nitrogen and oxygen atoms in total. The maximum Gasteiger partial charge on any atom is 0.0593 e. The van der Waals surface area contributed by atoms with Gasteiger partial charge in [0.1, 0.15) is 0 Å². The summed E-state index contributed by atoms with van der Waals surface area (Å²) in [6, 6.07) is 6.37. The van der Waals surface area contributed by atoms with Crippen molar-refractivity contribution < 1.29 is 0 Å². The Bertz CT molecular complexity index is 314. The van der Waals surface area contributed by atoms with Crippen LogP contribution in [0.3, 0.4) is 0 Å². The molecule has 0 aliphatic rings. The van der Waals surface area contributed by atoms with Crippen LogP contribution in [0.25, 0.3) is 0 Å². The first-order valence-corrected chi connectivity index (χ1v) is 6.52. The third-order valence-corrected chi connectivity index (χ3v) is 3.74. The Balaban J connectivity index is 2.60. The van der Waals surface area contributed by atoms with Gasteiger partial charge in [-0.3, -0.25) is 0 Å². The summed E-state index contributed by atoms with van der Waals surface area (Å²) in [5, 5.41) is 4.21. The van der Waals surface area contributed by atoms with Gasteiger partial charge in [-0.15, -0.1) is 0 Å². The number of nitrogens with one attached hydrogen (secondary N) is 1. The zero-order valence-electron chi connectivity index (χ0n) is 9.19. The van der Waals surface area contributed by atoms with Crippen LogP contribution in [-0.4, -0.2) is 6.04 Å². The number of benzene rings is 1. The van der Waals surface area contributed by atoms with E-state index in [0.717, 1.165) is 15.2 Å². The van der Waals surface area contributed by atoms with Crippen molar-refractivity contribution in [3.63, 3.8) is 0 Å². The van der Waals surface area contributed by atoms with Crippen molar-refractivity contribution in [2.45, 2.75) is 39.2 Å². The van der Waals surface area contributed by atoms with E-state index in [2.05, 4.69) is 35.1 Å². The van der Waals surface area contributed by atoms with E-state index in [4.69, 9.17) is 11.6 Å². The van der Waals surface area contributed by atoms with Gasteiger partial charge in [0, 0.05) is 6.04 Å². The van der Waals surface area contributed by atoms with Crippen LogP contribution < -0.4 is 5.32 Å². The molecule has 1 N–H and O–H groups in total.